The summed E-state index contributed by atoms with van der Waals surface area (Å²) in [4.78, 5) is 23.3. The second-order valence-electron chi connectivity index (χ2n) is 7.60. The smallest absolute Gasteiger partial charge is 0.338 e. The van der Waals surface area contributed by atoms with Crippen LogP contribution in [0.2, 0.25) is 0 Å². The highest BCUT2D eigenvalue weighted by molar-refractivity contribution is 7.90. The van der Waals surface area contributed by atoms with Crippen LogP contribution in [0.5, 0.6) is 0 Å². The molecule has 2 heterocycles. The third-order valence-electron chi connectivity index (χ3n) is 5.08. The van der Waals surface area contributed by atoms with Gasteiger partial charge in [-0.3, -0.25) is 4.90 Å². The number of sulfonamides is 1. The maximum atomic E-state index is 12.8. The first-order valence-corrected chi connectivity index (χ1v) is 11.8. The minimum Gasteiger partial charge on any atom is -0.338 e. The van der Waals surface area contributed by atoms with Crippen LogP contribution in [0.1, 0.15) is 17.7 Å². The number of benzene rings is 1. The Kier molecular flexibility index (Phi) is 7.74. The van der Waals surface area contributed by atoms with E-state index in [0.717, 1.165) is 17.8 Å². The highest BCUT2D eigenvalue weighted by Gasteiger charge is 2.33. The Balaban J connectivity index is 1.38. The monoisotopic (exact) mass is 486 g/mol. The molecule has 1 aliphatic heterocycles. The number of hydrogen-bond donors (Lipinski definition) is 2. The van der Waals surface area contributed by atoms with Crippen molar-refractivity contribution in [1.82, 2.24) is 24.9 Å². The number of urea groups is 1. The Hall–Kier alpha value is -2.93. The van der Waals surface area contributed by atoms with Crippen molar-refractivity contribution in [1.29, 1.82) is 0 Å². The number of rotatable bonds is 7. The van der Waals surface area contributed by atoms with Crippen LogP contribution >= 0.6 is 0 Å². The molecule has 1 fully saturated rings. The van der Waals surface area contributed by atoms with Gasteiger partial charge in [0.05, 0.1) is 4.90 Å². The molecule has 0 atom stereocenters. The van der Waals surface area contributed by atoms with Gasteiger partial charge in [-0.25, -0.2) is 27.9 Å². The number of alkyl halides is 3. The van der Waals surface area contributed by atoms with Crippen LogP contribution in [0, 0.1) is 6.92 Å². The lowest BCUT2D eigenvalue weighted by Crippen LogP contribution is -2.48. The highest BCUT2D eigenvalue weighted by atomic mass is 32.2. The van der Waals surface area contributed by atoms with Crippen molar-refractivity contribution in [2.75, 3.05) is 44.2 Å². The molecule has 0 saturated carbocycles. The van der Waals surface area contributed by atoms with Crippen molar-refractivity contribution in [3.63, 3.8) is 0 Å². The van der Waals surface area contributed by atoms with Crippen molar-refractivity contribution >= 4 is 22.0 Å². The van der Waals surface area contributed by atoms with E-state index in [1.54, 1.807) is 17.0 Å². The molecule has 1 saturated heterocycles. The molecule has 2 N–H and O–H groups in total. The summed E-state index contributed by atoms with van der Waals surface area (Å²) >= 11 is 0. The summed E-state index contributed by atoms with van der Waals surface area (Å²) in [5.74, 6) is 0.0533. The normalized spacial score (nSPS) is 15.3. The van der Waals surface area contributed by atoms with Crippen molar-refractivity contribution in [2.24, 2.45) is 0 Å². The van der Waals surface area contributed by atoms with Crippen LogP contribution in [0.4, 0.5) is 23.9 Å². The van der Waals surface area contributed by atoms with E-state index in [-0.39, 0.29) is 17.4 Å². The maximum absolute atomic E-state index is 12.8. The topological polar surface area (TPSA) is 108 Å². The Bertz CT molecular complexity index is 1060. The van der Waals surface area contributed by atoms with E-state index in [0.29, 0.717) is 39.1 Å². The molecule has 0 aliphatic carbocycles. The molecule has 2 aromatic rings. The van der Waals surface area contributed by atoms with Gasteiger partial charge in [-0.15, -0.1) is 0 Å². The molecule has 180 valence electrons. The van der Waals surface area contributed by atoms with Gasteiger partial charge in [0.2, 0.25) is 5.95 Å². The van der Waals surface area contributed by atoms with E-state index in [2.05, 4.69) is 20.2 Å². The zero-order valence-corrected chi connectivity index (χ0v) is 18.8. The van der Waals surface area contributed by atoms with Crippen molar-refractivity contribution in [2.45, 2.75) is 24.4 Å². The Morgan fingerprint density at radius 3 is 2.39 bits per heavy atom. The van der Waals surface area contributed by atoms with Crippen LogP contribution in [-0.2, 0) is 16.2 Å². The fourth-order valence-electron chi connectivity index (χ4n) is 3.27. The predicted octanol–water partition coefficient (Wildman–Crippen LogP) is 2.00. The third kappa shape index (κ3) is 7.02. The third-order valence-corrected chi connectivity index (χ3v) is 6.43. The van der Waals surface area contributed by atoms with Crippen LogP contribution < -0.4 is 14.9 Å². The molecule has 33 heavy (non-hydrogen) atoms. The van der Waals surface area contributed by atoms with Crippen LogP contribution in [0.25, 0.3) is 0 Å². The zero-order valence-electron chi connectivity index (χ0n) is 18.0. The molecule has 2 amide bonds. The molecular weight excluding hydrogens is 461 g/mol. The zero-order chi connectivity index (χ0) is 24.1. The number of carbonyl (C=O) groups excluding carboxylic acids is 1. The molecular formula is C20H25F3N6O3S. The summed E-state index contributed by atoms with van der Waals surface area (Å²) in [6, 6.07) is 6.18. The summed E-state index contributed by atoms with van der Waals surface area (Å²) in [6.45, 7) is 4.90. The quantitative estimate of drug-likeness (QED) is 0.577. The van der Waals surface area contributed by atoms with Crippen molar-refractivity contribution in [3.05, 3.63) is 47.8 Å². The minimum atomic E-state index is -4.52. The Labute approximate surface area is 190 Å². The van der Waals surface area contributed by atoms with Crippen LogP contribution in [0.15, 0.2) is 41.4 Å². The van der Waals surface area contributed by atoms with E-state index in [4.69, 9.17) is 0 Å². The molecule has 0 unspecified atom stereocenters. The Morgan fingerprint density at radius 2 is 1.76 bits per heavy atom. The number of amides is 2. The number of anilines is 1. The molecule has 1 aromatic heterocycles. The highest BCUT2D eigenvalue weighted by Crippen LogP contribution is 2.28. The van der Waals surface area contributed by atoms with Crippen LogP contribution in [0.3, 0.4) is 0 Å². The number of piperazine rings is 1. The first kappa shape index (κ1) is 24.7. The van der Waals surface area contributed by atoms with Gasteiger partial charge in [-0.05, 0) is 38.1 Å². The molecule has 1 aromatic carbocycles. The lowest BCUT2D eigenvalue weighted by atomic mass is 10.2. The van der Waals surface area contributed by atoms with Crippen LogP contribution in [-0.4, -0.2) is 68.6 Å². The molecule has 1 aliphatic rings. The average molecular weight is 487 g/mol. The van der Waals surface area contributed by atoms with E-state index in [1.807, 2.05) is 11.6 Å². The molecule has 0 radical (unpaired) electrons. The molecule has 0 bridgehead atoms. The number of carbonyl (C=O) groups is 1. The minimum absolute atomic E-state index is 0.00544. The molecule has 0 spiro atoms. The largest absolute Gasteiger partial charge is 0.433 e. The van der Waals surface area contributed by atoms with Gasteiger partial charge >= 0.3 is 12.2 Å². The fraction of sp³-hybridized carbons (Fsp3) is 0.450. The standard InChI is InChI=1S/C20H25F3N6O3S/c1-15-3-5-16(6-4-15)33(31,32)27-19(30)25-8-2-10-28-11-13-29(14-12-28)18-24-9-7-17(26-18)20(21,22)23/h3-7,9H,2,8,10-14H2,1H3,(H2,25,27,30). The molecule has 9 nitrogen and oxygen atoms in total. The first-order chi connectivity index (χ1) is 15.5. The fourth-order valence-corrected chi connectivity index (χ4v) is 4.20. The summed E-state index contributed by atoms with van der Waals surface area (Å²) in [5.41, 5.74) is -0.0646. The van der Waals surface area contributed by atoms with Gasteiger partial charge in [-0.2, -0.15) is 13.2 Å². The van der Waals surface area contributed by atoms with Gasteiger partial charge < -0.3 is 10.2 Å². The van der Waals surface area contributed by atoms with Gasteiger partial charge in [-0.1, -0.05) is 17.7 Å². The number of nitrogens with zero attached hydrogens (tertiary/aromatic N) is 4. The SMILES string of the molecule is Cc1ccc(S(=O)(=O)NC(=O)NCCCN2CCN(c3nccc(C(F)(F)F)n3)CC2)cc1. The van der Waals surface area contributed by atoms with E-state index in [1.165, 1.54) is 12.1 Å². The Morgan fingerprint density at radius 1 is 1.09 bits per heavy atom. The maximum Gasteiger partial charge on any atom is 0.433 e. The predicted molar refractivity (Wildman–Crippen MR) is 115 cm³/mol. The van der Waals surface area contributed by atoms with E-state index < -0.39 is 27.9 Å². The van der Waals surface area contributed by atoms with Crippen molar-refractivity contribution < 1.29 is 26.4 Å². The average Bonchev–Trinajstić information content (AvgIpc) is 2.77. The molecule has 3 rings (SSSR count). The van der Waals surface area contributed by atoms with E-state index >= 15 is 0 Å². The second-order valence-corrected chi connectivity index (χ2v) is 9.28. The summed E-state index contributed by atoms with van der Waals surface area (Å²) in [5, 5.41) is 2.52. The second kappa shape index (κ2) is 10.3. The summed E-state index contributed by atoms with van der Waals surface area (Å²) in [6.07, 6.45) is -2.83. The lowest BCUT2D eigenvalue weighted by Gasteiger charge is -2.34. The number of aromatic nitrogens is 2. The first-order valence-electron chi connectivity index (χ1n) is 10.3. The molecule has 13 heteroatoms. The number of aryl methyl sites for hydroxylation is 1. The van der Waals surface area contributed by atoms with Crippen molar-refractivity contribution in [3.8, 4) is 0 Å². The number of halogens is 3. The number of hydrogen-bond acceptors (Lipinski definition) is 7. The van der Waals surface area contributed by atoms with Gasteiger partial charge in [0, 0.05) is 38.9 Å². The van der Waals surface area contributed by atoms with E-state index in [9.17, 15) is 26.4 Å². The van der Waals surface area contributed by atoms with Gasteiger partial charge in [0.15, 0.2) is 0 Å². The number of nitrogens with one attached hydrogen (secondary N) is 2. The summed E-state index contributed by atoms with van der Waals surface area (Å²) in [7, 11) is -3.94. The lowest BCUT2D eigenvalue weighted by molar-refractivity contribution is -0.141. The van der Waals surface area contributed by atoms with Gasteiger partial charge in [0.1, 0.15) is 5.69 Å². The van der Waals surface area contributed by atoms with Gasteiger partial charge in [0.25, 0.3) is 10.0 Å². The summed E-state index contributed by atoms with van der Waals surface area (Å²) < 4.78 is 64.9.